The van der Waals surface area contributed by atoms with Gasteiger partial charge < -0.3 is 20.1 Å². The second-order valence-electron chi connectivity index (χ2n) is 19.5. The molecule has 9 nitrogen and oxygen atoms in total. The third-order valence-electron chi connectivity index (χ3n) is 12.3. The molecule has 0 aliphatic heterocycles. The highest BCUT2D eigenvalue weighted by atomic mass is 31.2. The highest BCUT2D eigenvalue weighted by Gasteiger charge is 2.26. The molecule has 0 aromatic carbocycles. The maximum atomic E-state index is 12.7. The van der Waals surface area contributed by atoms with Gasteiger partial charge in [0, 0.05) is 19.4 Å². The van der Waals surface area contributed by atoms with Gasteiger partial charge in [0.05, 0.1) is 13.2 Å². The lowest BCUT2D eigenvalue weighted by Gasteiger charge is -2.19. The monoisotopic (exact) mass is 1060 g/mol. The minimum atomic E-state index is -4.41. The molecule has 3 N–H and O–H groups in total. The number of phosphoric ester groups is 1. The minimum Gasteiger partial charge on any atom is -0.462 e. The Morgan fingerprint density at radius 2 is 0.733 bits per heavy atom. The Bertz CT molecular complexity index is 1640. The van der Waals surface area contributed by atoms with Crippen molar-refractivity contribution in [2.24, 2.45) is 5.73 Å². The molecule has 2 atom stereocenters. The van der Waals surface area contributed by atoms with Crippen LogP contribution in [0.4, 0.5) is 0 Å². The summed E-state index contributed by atoms with van der Waals surface area (Å²) < 4.78 is 33.0. The molecule has 0 spiro atoms. The maximum absolute atomic E-state index is 12.7. The number of carbonyl (C=O) groups is 2. The number of hydrogen-bond acceptors (Lipinski definition) is 8. The summed E-state index contributed by atoms with van der Waals surface area (Å²) in [4.78, 5) is 35.2. The van der Waals surface area contributed by atoms with Crippen LogP contribution in [0.3, 0.4) is 0 Å². The third kappa shape index (κ3) is 59.5. The van der Waals surface area contributed by atoms with E-state index >= 15 is 0 Å². The van der Waals surface area contributed by atoms with E-state index in [-0.39, 0.29) is 32.6 Å². The largest absolute Gasteiger partial charge is 0.472 e. The zero-order valence-corrected chi connectivity index (χ0v) is 48.6. The summed E-state index contributed by atoms with van der Waals surface area (Å²) in [5, 5.41) is 0. The normalized spacial score (nSPS) is 13.9. The average Bonchev–Trinajstić information content (AvgIpc) is 3.40. The predicted octanol–water partition coefficient (Wildman–Crippen LogP) is 19.2. The van der Waals surface area contributed by atoms with Crippen molar-refractivity contribution in [2.45, 2.75) is 251 Å². The Hall–Kier alpha value is -3.59. The van der Waals surface area contributed by atoms with E-state index in [1.54, 1.807) is 0 Å². The van der Waals surface area contributed by atoms with Gasteiger partial charge in [0.25, 0.3) is 0 Å². The number of esters is 2. The van der Waals surface area contributed by atoms with Crippen molar-refractivity contribution in [3.8, 4) is 0 Å². The Morgan fingerprint density at radius 1 is 0.413 bits per heavy atom. The number of carbonyl (C=O) groups excluding carboxylic acids is 2. The second-order valence-corrected chi connectivity index (χ2v) is 20.9. The van der Waals surface area contributed by atoms with Crippen LogP contribution >= 0.6 is 7.82 Å². The molecular weight excluding hydrogens is 954 g/mol. The summed E-state index contributed by atoms with van der Waals surface area (Å²) in [6.45, 7) is 3.57. The van der Waals surface area contributed by atoms with Crippen molar-refractivity contribution in [3.05, 3.63) is 122 Å². The number of allylic oxidation sites excluding steroid dienone is 20. The lowest BCUT2D eigenvalue weighted by atomic mass is 10.0. The molecule has 0 rings (SSSR count). The number of ether oxygens (including phenoxy) is 2. The lowest BCUT2D eigenvalue weighted by molar-refractivity contribution is -0.161. The highest BCUT2D eigenvalue weighted by molar-refractivity contribution is 7.47. The van der Waals surface area contributed by atoms with Crippen LogP contribution in [0.15, 0.2) is 122 Å². The van der Waals surface area contributed by atoms with Crippen molar-refractivity contribution >= 4 is 19.8 Å². The molecule has 10 heteroatoms. The topological polar surface area (TPSA) is 134 Å². The van der Waals surface area contributed by atoms with Crippen LogP contribution in [-0.4, -0.2) is 49.3 Å². The van der Waals surface area contributed by atoms with Crippen molar-refractivity contribution in [2.75, 3.05) is 26.4 Å². The average molecular weight is 1060 g/mol. The van der Waals surface area contributed by atoms with E-state index in [2.05, 4.69) is 135 Å². The zero-order chi connectivity index (χ0) is 54.5. The minimum absolute atomic E-state index is 0.0400. The summed E-state index contributed by atoms with van der Waals surface area (Å²) in [5.41, 5.74) is 5.38. The molecule has 75 heavy (non-hydrogen) atoms. The summed E-state index contributed by atoms with van der Waals surface area (Å²) in [6.07, 6.45) is 82.6. The molecule has 0 bridgehead atoms. The van der Waals surface area contributed by atoms with E-state index in [0.717, 1.165) is 89.9 Å². The molecule has 428 valence electrons. The number of rotatable bonds is 55. The van der Waals surface area contributed by atoms with Crippen molar-refractivity contribution < 1.29 is 37.6 Å². The molecule has 0 saturated heterocycles. The van der Waals surface area contributed by atoms with Crippen molar-refractivity contribution in [3.63, 3.8) is 0 Å². The van der Waals surface area contributed by atoms with Crippen molar-refractivity contribution in [1.29, 1.82) is 0 Å². The van der Waals surface area contributed by atoms with Crippen molar-refractivity contribution in [1.82, 2.24) is 0 Å². The van der Waals surface area contributed by atoms with Crippen LogP contribution in [0.25, 0.3) is 0 Å². The molecule has 0 aliphatic rings. The first-order valence-electron chi connectivity index (χ1n) is 30.0. The van der Waals surface area contributed by atoms with Crippen LogP contribution in [0, 0.1) is 0 Å². The highest BCUT2D eigenvalue weighted by Crippen LogP contribution is 2.43. The van der Waals surface area contributed by atoms with E-state index in [0.29, 0.717) is 6.42 Å². The number of phosphoric acid groups is 1. The first kappa shape index (κ1) is 71.4. The molecule has 0 heterocycles. The first-order chi connectivity index (χ1) is 36.8. The molecule has 0 aromatic rings. The molecule has 0 fully saturated rings. The van der Waals surface area contributed by atoms with E-state index in [1.165, 1.54) is 122 Å². The Labute approximate surface area is 460 Å². The molecule has 0 saturated carbocycles. The molecule has 2 unspecified atom stereocenters. The Kier molecular flexibility index (Phi) is 56.8. The third-order valence-corrected chi connectivity index (χ3v) is 13.3. The Balaban J connectivity index is 4.07. The predicted molar refractivity (Wildman–Crippen MR) is 321 cm³/mol. The second kappa shape index (κ2) is 59.7. The fourth-order valence-corrected chi connectivity index (χ4v) is 8.68. The van der Waals surface area contributed by atoms with Crippen LogP contribution in [0.1, 0.15) is 245 Å². The molecular formula is C65H110NO8P. The van der Waals surface area contributed by atoms with Crippen LogP contribution in [0.2, 0.25) is 0 Å². The van der Waals surface area contributed by atoms with Crippen LogP contribution in [0.5, 0.6) is 0 Å². The zero-order valence-electron chi connectivity index (χ0n) is 47.7. The summed E-state index contributed by atoms with van der Waals surface area (Å²) in [6, 6.07) is 0. The van der Waals surface area contributed by atoms with Gasteiger partial charge in [-0.3, -0.25) is 18.6 Å². The number of hydrogen-bond donors (Lipinski definition) is 2. The molecule has 0 radical (unpaired) electrons. The standard InChI is InChI=1S/C65H110NO8P/c1-3-5-7-9-11-13-15-17-19-21-23-25-27-29-31-33-35-37-39-41-43-45-47-49-51-53-55-57-64(67)71-61-63(62-73-75(69,70)72-60-59-66)74-65(68)58-56-54-52-50-48-46-44-42-40-38-36-34-32-30-28-26-24-22-20-18-16-14-12-10-8-6-4-2/h6,8,12,14-15,17-18,20-21,23-24,26,30,32,36,38,42,44,48,50,63H,3-5,7,9-11,13,16,19,22,25,27-29,31,33-35,37,39-41,43,45-47,49,51-62,66H2,1-2H3,(H,69,70)/b8-6-,14-12-,17-15-,20-18-,23-21-,26-24-,32-30-,38-36-,44-42-,50-48-. The first-order valence-corrected chi connectivity index (χ1v) is 31.5. The molecule has 0 amide bonds. The maximum Gasteiger partial charge on any atom is 0.472 e. The SMILES string of the molecule is CC/C=C\C/C=C\C/C=C\C/C=C\C/C=C\C/C=C\C/C=C\C/C=C\CCCCC(=O)OC(COC(=O)CCCCCCCCCCCCCCCCC/C=C\C/C=C\CCCCCCC)COP(=O)(O)OCCN. The Morgan fingerprint density at radius 3 is 1.12 bits per heavy atom. The van der Waals surface area contributed by atoms with Crippen LogP contribution in [-0.2, 0) is 32.7 Å². The van der Waals surface area contributed by atoms with E-state index < -0.39 is 32.5 Å². The van der Waals surface area contributed by atoms with Crippen LogP contribution < -0.4 is 5.73 Å². The van der Waals surface area contributed by atoms with E-state index in [4.69, 9.17) is 24.3 Å². The van der Waals surface area contributed by atoms with Gasteiger partial charge in [0.2, 0.25) is 0 Å². The lowest BCUT2D eigenvalue weighted by Crippen LogP contribution is -2.29. The van der Waals surface area contributed by atoms with Gasteiger partial charge in [-0.1, -0.05) is 245 Å². The smallest absolute Gasteiger partial charge is 0.462 e. The van der Waals surface area contributed by atoms with Gasteiger partial charge >= 0.3 is 19.8 Å². The van der Waals surface area contributed by atoms with Gasteiger partial charge in [-0.15, -0.1) is 0 Å². The quantitative estimate of drug-likeness (QED) is 0.0264. The van der Waals surface area contributed by atoms with Gasteiger partial charge in [-0.2, -0.15) is 0 Å². The fraction of sp³-hybridized carbons (Fsp3) is 0.662. The van der Waals surface area contributed by atoms with E-state index in [1.807, 2.05) is 0 Å². The van der Waals surface area contributed by atoms with Gasteiger partial charge in [-0.25, -0.2) is 4.57 Å². The summed E-state index contributed by atoms with van der Waals surface area (Å²) in [5.74, 6) is -0.883. The fourth-order valence-electron chi connectivity index (χ4n) is 7.92. The van der Waals surface area contributed by atoms with Gasteiger partial charge in [0.1, 0.15) is 6.61 Å². The number of unbranched alkanes of at least 4 members (excludes halogenated alkanes) is 22. The molecule has 0 aliphatic carbocycles. The van der Waals surface area contributed by atoms with E-state index in [9.17, 15) is 19.0 Å². The molecule has 0 aromatic heterocycles. The summed E-state index contributed by atoms with van der Waals surface area (Å²) >= 11 is 0. The summed E-state index contributed by atoms with van der Waals surface area (Å²) in [7, 11) is -4.41. The number of nitrogens with two attached hydrogens (primary N) is 1. The van der Waals surface area contributed by atoms with Gasteiger partial charge in [0.15, 0.2) is 6.10 Å². The van der Waals surface area contributed by atoms with Gasteiger partial charge in [-0.05, 0) is 109 Å².